The number of esters is 2. The third kappa shape index (κ3) is 8.21. The van der Waals surface area contributed by atoms with Crippen molar-refractivity contribution in [3.8, 4) is 0 Å². The average Bonchev–Trinajstić information content (AvgIpc) is 3.09. The molecule has 292 valence electrons. The Morgan fingerprint density at radius 2 is 1.06 bits per heavy atom. The number of cyclic esters (lactones) is 2. The Morgan fingerprint density at radius 3 is 1.65 bits per heavy atom. The van der Waals surface area contributed by atoms with Crippen LogP contribution in [0.5, 0.6) is 0 Å². The van der Waals surface area contributed by atoms with E-state index < -0.39 is 160 Å². The lowest BCUT2D eigenvalue weighted by Crippen LogP contribution is -2.64. The second-order valence-corrected chi connectivity index (χ2v) is 14.5. The Morgan fingerprint density at radius 1 is 0.529 bits per heavy atom. The highest BCUT2D eigenvalue weighted by atomic mass is 16.7. The molecule has 4 saturated heterocycles. The zero-order valence-corrected chi connectivity index (χ0v) is 27.4. The second-order valence-electron chi connectivity index (χ2n) is 14.5. The van der Waals surface area contributed by atoms with Crippen molar-refractivity contribution in [2.45, 2.75) is 155 Å². The normalized spacial score (nSPS) is 53.4. The lowest BCUT2D eigenvalue weighted by molar-refractivity contribution is -0.368. The number of carbonyl (C=O) groups is 2. The lowest BCUT2D eigenvalue weighted by atomic mass is 9.72. The molecule has 2 aliphatic carbocycles. The van der Waals surface area contributed by atoms with E-state index >= 15 is 0 Å². The summed E-state index contributed by atoms with van der Waals surface area (Å²) < 4.78 is 39.0. The second kappa shape index (κ2) is 16.0. The largest absolute Gasteiger partial charge is 0.463 e. The van der Waals surface area contributed by atoms with E-state index in [-0.39, 0.29) is 32.1 Å². The molecule has 20 nitrogen and oxygen atoms in total. The lowest BCUT2D eigenvalue weighted by Gasteiger charge is -2.50. The van der Waals surface area contributed by atoms with Crippen molar-refractivity contribution < 1.29 is 98.9 Å². The minimum atomic E-state index is -2.05. The van der Waals surface area contributed by atoms with Crippen molar-refractivity contribution in [2.24, 2.45) is 11.8 Å². The van der Waals surface area contributed by atoms with Crippen LogP contribution in [0.25, 0.3) is 0 Å². The van der Waals surface area contributed by atoms with Crippen molar-refractivity contribution in [3.63, 3.8) is 0 Å². The highest BCUT2D eigenvalue weighted by molar-refractivity contribution is 5.81. The Labute approximate surface area is 291 Å². The molecule has 20 heteroatoms. The number of carbonyl (C=O) groups excluding carboxylic acids is 2. The fraction of sp³-hybridized carbons (Fsp3) is 0.935. The Hall–Kier alpha value is -1.70. The zero-order valence-electron chi connectivity index (χ0n) is 27.4. The van der Waals surface area contributed by atoms with Gasteiger partial charge in [-0.15, -0.1) is 0 Å². The van der Waals surface area contributed by atoms with Gasteiger partial charge in [0.15, 0.2) is 30.9 Å². The van der Waals surface area contributed by atoms with Gasteiger partial charge in [-0.25, -0.2) is 4.79 Å². The maximum Gasteiger partial charge on any atom is 0.335 e. The molecule has 0 amide bonds. The van der Waals surface area contributed by atoms with Gasteiger partial charge >= 0.3 is 11.9 Å². The molecule has 0 spiro atoms. The summed E-state index contributed by atoms with van der Waals surface area (Å²) in [5, 5.41) is 117. The van der Waals surface area contributed by atoms with Crippen molar-refractivity contribution in [2.75, 3.05) is 13.2 Å². The van der Waals surface area contributed by atoms with E-state index in [4.69, 9.17) is 33.2 Å². The molecule has 51 heavy (non-hydrogen) atoms. The van der Waals surface area contributed by atoms with Crippen molar-refractivity contribution >= 4 is 11.9 Å². The van der Waals surface area contributed by atoms with Crippen LogP contribution in [0.1, 0.15) is 38.5 Å². The molecule has 19 unspecified atom stereocenters. The summed E-state index contributed by atoms with van der Waals surface area (Å²) in [7, 11) is 0. The van der Waals surface area contributed by atoms with Gasteiger partial charge in [-0.1, -0.05) is 0 Å². The van der Waals surface area contributed by atoms with Crippen LogP contribution in [0.4, 0.5) is 0 Å². The van der Waals surface area contributed by atoms with Gasteiger partial charge in [0, 0.05) is 18.8 Å². The predicted octanol–water partition coefficient (Wildman–Crippen LogP) is -6.84. The van der Waals surface area contributed by atoms with Crippen LogP contribution in [-0.4, -0.2) is 202 Å². The smallest absolute Gasteiger partial charge is 0.335 e. The molecule has 6 bridgehead atoms. The third-order valence-electron chi connectivity index (χ3n) is 11.0. The molecule has 0 aromatic heterocycles. The zero-order chi connectivity index (χ0) is 36.9. The van der Waals surface area contributed by atoms with Gasteiger partial charge in [0.1, 0.15) is 74.3 Å². The van der Waals surface area contributed by atoms with Crippen LogP contribution in [0.3, 0.4) is 0 Å². The molecule has 0 aromatic carbocycles. The number of ether oxygens (including phenoxy) is 7. The van der Waals surface area contributed by atoms with Crippen LogP contribution >= 0.6 is 0 Å². The summed E-state index contributed by atoms with van der Waals surface area (Å²) >= 11 is 0. The number of fused-ring (bicyclic) bond motifs is 5. The fourth-order valence-corrected chi connectivity index (χ4v) is 8.11. The summed E-state index contributed by atoms with van der Waals surface area (Å²) in [5.74, 6) is -3.63. The molecular weight excluding hydrogens is 692 g/mol. The summed E-state index contributed by atoms with van der Waals surface area (Å²) in [6.45, 7) is -1.44. The van der Waals surface area contributed by atoms with E-state index in [1.807, 2.05) is 0 Å². The molecular formula is C31H49O20+. The first kappa shape index (κ1) is 39.0. The monoisotopic (exact) mass is 741 g/mol. The van der Waals surface area contributed by atoms with Gasteiger partial charge in [0.25, 0.3) is 0 Å². The number of rotatable bonds is 1. The highest BCUT2D eigenvalue weighted by Crippen LogP contribution is 2.44. The molecule has 0 aromatic rings. The number of aliphatic hydroxyl groups is 13. The van der Waals surface area contributed by atoms with Crippen molar-refractivity contribution in [1.29, 1.82) is 0 Å². The van der Waals surface area contributed by atoms with E-state index in [1.54, 1.807) is 0 Å². The summed E-state index contributed by atoms with van der Waals surface area (Å²) in [4.78, 5) is 24.9. The van der Waals surface area contributed by atoms with Gasteiger partial charge in [0.05, 0.1) is 36.8 Å². The van der Waals surface area contributed by atoms with Gasteiger partial charge in [-0.2, -0.15) is 0 Å². The Kier molecular flexibility index (Phi) is 12.2. The molecule has 19 atom stereocenters. The first-order valence-corrected chi connectivity index (χ1v) is 17.3. The minimum Gasteiger partial charge on any atom is -0.463 e. The van der Waals surface area contributed by atoms with E-state index in [9.17, 15) is 65.8 Å². The standard InChI is InChI=1S/C31H48O20/c32-10-3-15-11-5-17(28(47-15)9-1-12(33)21(37)13(34)2-9)49-31-27(43)24(40)22(38)18(50-31)7-45-20(36)6-14(35)29(44)46-8-19-23(39)25(41)26(42)30(51-19)48-16(11)4-10/h9-19,21-28,30-35,37-43H,1-8H2/p+1. The van der Waals surface area contributed by atoms with E-state index in [0.717, 1.165) is 0 Å². The van der Waals surface area contributed by atoms with Crippen LogP contribution < -0.4 is 0 Å². The predicted molar refractivity (Wildman–Crippen MR) is 160 cm³/mol. The molecule has 4 heterocycles. The van der Waals surface area contributed by atoms with Gasteiger partial charge < -0.3 is 89.3 Å². The topological polar surface area (TPSA) is 325 Å². The molecule has 12 N–H and O–H groups in total. The molecule has 6 fully saturated rings. The molecule has 6 aliphatic rings. The van der Waals surface area contributed by atoms with Gasteiger partial charge in [0.2, 0.25) is 0 Å². The van der Waals surface area contributed by atoms with Crippen molar-refractivity contribution in [1.82, 2.24) is 0 Å². The molecule has 6 rings (SSSR count). The maximum absolute atomic E-state index is 12.5. The molecule has 2 saturated carbocycles. The Balaban J connectivity index is 1.32. The average molecular weight is 742 g/mol. The first-order valence-electron chi connectivity index (χ1n) is 17.3. The summed E-state index contributed by atoms with van der Waals surface area (Å²) in [6.07, 6.45) is -28.2. The fourth-order valence-electron chi connectivity index (χ4n) is 8.11. The summed E-state index contributed by atoms with van der Waals surface area (Å²) in [6, 6.07) is 0. The van der Waals surface area contributed by atoms with Crippen LogP contribution in [-0.2, 0) is 38.0 Å². The maximum atomic E-state index is 12.5. The van der Waals surface area contributed by atoms with Crippen molar-refractivity contribution in [3.05, 3.63) is 0 Å². The minimum absolute atomic E-state index is 0.000248. The molecule has 0 radical (unpaired) electrons. The number of aliphatic hydroxyl groups excluding tert-OH is 11. The highest BCUT2D eigenvalue weighted by Gasteiger charge is 2.57. The summed E-state index contributed by atoms with van der Waals surface area (Å²) in [5.41, 5.74) is 0. The van der Waals surface area contributed by atoms with E-state index in [1.165, 1.54) is 0 Å². The van der Waals surface area contributed by atoms with Gasteiger partial charge in [-0.3, -0.25) is 4.79 Å². The van der Waals surface area contributed by atoms with Crippen LogP contribution in [0.2, 0.25) is 0 Å². The van der Waals surface area contributed by atoms with Gasteiger partial charge in [-0.05, 0) is 19.3 Å². The van der Waals surface area contributed by atoms with E-state index in [0.29, 0.717) is 0 Å². The number of hydrogen-bond acceptors (Lipinski definition) is 19. The third-order valence-corrected chi connectivity index (χ3v) is 11.0. The molecule has 4 aliphatic heterocycles. The SMILES string of the molecule is O=C1CC(O)C(=O)OCC2OC(OC3CC(O)CC4[OH+]C(C5CC(O)C(O)C(O)C5)C(CC34)OC3OC(CO1)C(O)C(O)C3O)C(O)C(O)C2O. The van der Waals surface area contributed by atoms with E-state index in [2.05, 4.69) is 0 Å². The van der Waals surface area contributed by atoms with Crippen LogP contribution in [0, 0.1) is 11.8 Å². The first-order chi connectivity index (χ1) is 24.1. The Bertz CT molecular complexity index is 1200. The number of hydrogen-bond donors (Lipinski definition) is 11. The van der Waals surface area contributed by atoms with Crippen LogP contribution in [0.15, 0.2) is 0 Å². The quantitative estimate of drug-likeness (QED) is 0.0879.